The third-order valence-electron chi connectivity index (χ3n) is 3.66. The molecule has 0 spiro atoms. The lowest BCUT2D eigenvalue weighted by atomic mass is 10.2. The molecule has 6 heteroatoms. The Morgan fingerprint density at radius 3 is 2.50 bits per heavy atom. The number of halogens is 1. The fraction of sp³-hybridized carbons (Fsp3) is 0.150. The maximum Gasteiger partial charge on any atom is 0.206 e. The molecule has 0 amide bonds. The van der Waals surface area contributed by atoms with E-state index in [9.17, 15) is 0 Å². The summed E-state index contributed by atoms with van der Waals surface area (Å²) in [6.45, 7) is 8.49. The largest absolute Gasteiger partial charge is 0.265 e. The Labute approximate surface area is 165 Å². The first-order valence-electron chi connectivity index (χ1n) is 8.12. The van der Waals surface area contributed by atoms with E-state index in [4.69, 9.17) is 5.10 Å². The van der Waals surface area contributed by atoms with Crippen LogP contribution in [0.1, 0.15) is 19.4 Å². The molecule has 3 rings (SSSR count). The average molecular weight is 427 g/mol. The summed E-state index contributed by atoms with van der Waals surface area (Å²) in [6.07, 6.45) is 3.54. The Morgan fingerprint density at radius 2 is 1.85 bits per heavy atom. The molecule has 0 N–H and O–H groups in total. The van der Waals surface area contributed by atoms with Crippen molar-refractivity contribution in [2.45, 2.75) is 13.8 Å². The molecule has 0 unspecified atom stereocenters. The van der Waals surface area contributed by atoms with Crippen molar-refractivity contribution in [1.29, 1.82) is 0 Å². The summed E-state index contributed by atoms with van der Waals surface area (Å²) in [6, 6.07) is 12.1. The maximum absolute atomic E-state index is 4.85. The van der Waals surface area contributed by atoms with Gasteiger partial charge in [-0.1, -0.05) is 40.2 Å². The number of pyridine rings is 1. The van der Waals surface area contributed by atoms with E-state index in [1.165, 1.54) is 0 Å². The van der Waals surface area contributed by atoms with Crippen LogP contribution in [-0.4, -0.2) is 21.9 Å². The van der Waals surface area contributed by atoms with E-state index in [2.05, 4.69) is 50.0 Å². The molecule has 26 heavy (non-hydrogen) atoms. The normalized spacial score (nSPS) is 12.4. The van der Waals surface area contributed by atoms with Crippen LogP contribution in [0.25, 0.3) is 11.3 Å². The Hall–Kier alpha value is -2.31. The lowest BCUT2D eigenvalue weighted by Crippen LogP contribution is -2.15. The van der Waals surface area contributed by atoms with Crippen LogP contribution in [0.5, 0.6) is 0 Å². The maximum atomic E-state index is 4.85. The van der Waals surface area contributed by atoms with E-state index in [-0.39, 0.29) is 0 Å². The summed E-state index contributed by atoms with van der Waals surface area (Å²) >= 11 is 5.07. The van der Waals surface area contributed by atoms with E-state index in [1.807, 2.05) is 42.8 Å². The molecule has 0 fully saturated rings. The van der Waals surface area contributed by atoms with Crippen LogP contribution in [-0.2, 0) is 0 Å². The molecule has 0 atom stereocenters. The van der Waals surface area contributed by atoms with Crippen molar-refractivity contribution < 1.29 is 0 Å². The van der Waals surface area contributed by atoms with Gasteiger partial charge in [0.2, 0.25) is 4.80 Å². The van der Waals surface area contributed by atoms with E-state index in [0.717, 1.165) is 37.4 Å². The van der Waals surface area contributed by atoms with Gasteiger partial charge < -0.3 is 0 Å². The van der Waals surface area contributed by atoms with E-state index >= 15 is 0 Å². The summed E-state index contributed by atoms with van der Waals surface area (Å²) in [5, 5.41) is 6.93. The number of aromatic nitrogens is 2. The van der Waals surface area contributed by atoms with Gasteiger partial charge in [0.15, 0.2) is 0 Å². The molecule has 4 nitrogen and oxygen atoms in total. The minimum Gasteiger partial charge on any atom is -0.265 e. The third kappa shape index (κ3) is 4.45. The highest BCUT2D eigenvalue weighted by molar-refractivity contribution is 9.10. The molecule has 0 aliphatic heterocycles. The zero-order valence-electron chi connectivity index (χ0n) is 14.7. The van der Waals surface area contributed by atoms with Crippen LogP contribution >= 0.6 is 27.3 Å². The van der Waals surface area contributed by atoms with Gasteiger partial charge in [-0.3, -0.25) is 9.98 Å². The van der Waals surface area contributed by atoms with Gasteiger partial charge >= 0.3 is 0 Å². The number of benzene rings is 1. The van der Waals surface area contributed by atoms with Crippen LogP contribution in [0.2, 0.25) is 0 Å². The molecule has 2 aromatic heterocycles. The molecule has 0 radical (unpaired) electrons. The van der Waals surface area contributed by atoms with Crippen molar-refractivity contribution >= 4 is 33.0 Å². The molecule has 0 aliphatic carbocycles. The zero-order chi connectivity index (χ0) is 18.5. The first-order valence-corrected chi connectivity index (χ1v) is 9.79. The smallest absolute Gasteiger partial charge is 0.206 e. The Kier molecular flexibility index (Phi) is 5.96. The fourth-order valence-electron chi connectivity index (χ4n) is 2.33. The van der Waals surface area contributed by atoms with Gasteiger partial charge in [-0.15, -0.1) is 11.3 Å². The van der Waals surface area contributed by atoms with Crippen molar-refractivity contribution in [3.05, 3.63) is 81.2 Å². The predicted octanol–water partition coefficient (Wildman–Crippen LogP) is 5.12. The van der Waals surface area contributed by atoms with E-state index in [0.29, 0.717) is 6.54 Å². The number of rotatable bonds is 5. The Bertz CT molecular complexity index is 998. The van der Waals surface area contributed by atoms with Crippen LogP contribution in [0.4, 0.5) is 0 Å². The summed E-state index contributed by atoms with van der Waals surface area (Å²) in [5.74, 6) is 0. The first kappa shape index (κ1) is 18.5. The number of hydrogen-bond donors (Lipinski definition) is 0. The molecule has 0 saturated heterocycles. The van der Waals surface area contributed by atoms with Crippen LogP contribution in [0.15, 0.2) is 80.9 Å². The molecule has 0 saturated carbocycles. The molecular formula is C20H19BrN4S. The Morgan fingerprint density at radius 1 is 1.15 bits per heavy atom. The molecule has 132 valence electrons. The fourth-order valence-corrected chi connectivity index (χ4v) is 3.42. The van der Waals surface area contributed by atoms with Crippen molar-refractivity contribution in [2.75, 3.05) is 6.54 Å². The molecule has 0 aliphatic rings. The SMILES string of the molecule is C=C(C)CN=c1scc(-c2ccc(Br)cc2)n1N=C(C)c1ccncc1. The van der Waals surface area contributed by atoms with Gasteiger partial charge in [-0.2, -0.15) is 5.10 Å². The highest BCUT2D eigenvalue weighted by atomic mass is 79.9. The van der Waals surface area contributed by atoms with E-state index < -0.39 is 0 Å². The van der Waals surface area contributed by atoms with Crippen molar-refractivity contribution in [2.24, 2.45) is 10.1 Å². The summed E-state index contributed by atoms with van der Waals surface area (Å²) < 4.78 is 2.96. The van der Waals surface area contributed by atoms with Gasteiger partial charge in [0.25, 0.3) is 0 Å². The number of nitrogens with zero attached hydrogens (tertiary/aromatic N) is 4. The number of thiazole rings is 1. The quantitative estimate of drug-likeness (QED) is 0.412. The number of hydrogen-bond acceptors (Lipinski definition) is 4. The standard InChI is InChI=1S/C20H19BrN4S/c1-14(2)12-23-20-25(24-15(3)16-8-10-22-11-9-16)19(13-26-20)17-4-6-18(21)7-5-17/h4-11,13H,1,12H2,2-3H3. The molecule has 3 aromatic rings. The van der Waals surface area contributed by atoms with Crippen LogP contribution in [0, 0.1) is 0 Å². The molecule has 1 aromatic carbocycles. The highest BCUT2D eigenvalue weighted by Crippen LogP contribution is 2.22. The second-order valence-electron chi connectivity index (χ2n) is 5.92. The second kappa shape index (κ2) is 8.38. The van der Waals surface area contributed by atoms with Crippen molar-refractivity contribution in [3.63, 3.8) is 0 Å². The minimum absolute atomic E-state index is 0.587. The van der Waals surface area contributed by atoms with Gasteiger partial charge in [0, 0.05) is 33.4 Å². The van der Waals surface area contributed by atoms with Gasteiger partial charge in [0.1, 0.15) is 0 Å². The molecule has 2 heterocycles. The summed E-state index contributed by atoms with van der Waals surface area (Å²) in [5.41, 5.74) is 5.06. The third-order valence-corrected chi connectivity index (χ3v) is 5.04. The topological polar surface area (TPSA) is 42.5 Å². The van der Waals surface area contributed by atoms with Gasteiger partial charge in [0.05, 0.1) is 18.0 Å². The Balaban J connectivity index is 2.13. The van der Waals surface area contributed by atoms with Gasteiger partial charge in [-0.25, -0.2) is 4.68 Å². The zero-order valence-corrected chi connectivity index (χ0v) is 17.1. The van der Waals surface area contributed by atoms with Crippen molar-refractivity contribution in [1.82, 2.24) is 9.66 Å². The highest BCUT2D eigenvalue weighted by Gasteiger charge is 2.09. The van der Waals surface area contributed by atoms with Crippen molar-refractivity contribution in [3.8, 4) is 11.3 Å². The first-order chi connectivity index (χ1) is 12.5. The minimum atomic E-state index is 0.587. The lowest BCUT2D eigenvalue weighted by Gasteiger charge is -2.06. The average Bonchev–Trinajstić information content (AvgIpc) is 3.04. The lowest BCUT2D eigenvalue weighted by molar-refractivity contribution is 0.830. The summed E-state index contributed by atoms with van der Waals surface area (Å²) in [7, 11) is 0. The monoisotopic (exact) mass is 426 g/mol. The molecule has 0 bridgehead atoms. The summed E-state index contributed by atoms with van der Waals surface area (Å²) in [4.78, 5) is 9.59. The molecular weight excluding hydrogens is 408 g/mol. The second-order valence-corrected chi connectivity index (χ2v) is 7.67. The van der Waals surface area contributed by atoms with Gasteiger partial charge in [-0.05, 0) is 38.1 Å². The van der Waals surface area contributed by atoms with E-state index in [1.54, 1.807) is 23.7 Å². The predicted molar refractivity (Wildman–Crippen MR) is 113 cm³/mol. The van der Waals surface area contributed by atoms with Crippen LogP contribution < -0.4 is 4.80 Å². The van der Waals surface area contributed by atoms with Crippen LogP contribution in [0.3, 0.4) is 0 Å².